The number of aliphatic hydroxyl groups is 2. The molecule has 3 heteroatoms. The zero-order valence-electron chi connectivity index (χ0n) is 3.52. The molecule has 0 aromatic rings. The first kappa shape index (κ1) is 5.88. The summed E-state index contributed by atoms with van der Waals surface area (Å²) >= 11 is 0. The molecule has 38 valence electrons. The highest BCUT2D eigenvalue weighted by Crippen LogP contribution is 1.48. The van der Waals surface area contributed by atoms with Crippen LogP contribution in [0.5, 0.6) is 0 Å². The lowest BCUT2D eigenvalue weighted by Gasteiger charge is -1.90. The smallest absolute Gasteiger partial charge is 0.0932 e. The normalized spacial score (nSPS) is 9.00. The Balaban J connectivity index is 2.34. The number of aliphatic hydroxyl groups excluding tert-OH is 2. The van der Waals surface area contributed by atoms with Gasteiger partial charge in [0.2, 0.25) is 0 Å². The third-order valence-corrected chi connectivity index (χ3v) is 0.400. The van der Waals surface area contributed by atoms with Gasteiger partial charge >= 0.3 is 0 Å². The predicted molar refractivity (Wildman–Crippen MR) is 22.2 cm³/mol. The summed E-state index contributed by atoms with van der Waals surface area (Å²) < 4.78 is 0. The molecule has 0 aliphatic carbocycles. The molecule has 0 unspecified atom stereocenters. The Bertz CT molecular complexity index is 20.8. The Morgan fingerprint density at radius 3 is 2.17 bits per heavy atom. The fraction of sp³-hybridized carbons (Fsp3) is 1.00. The van der Waals surface area contributed by atoms with Gasteiger partial charge in [0.25, 0.3) is 0 Å². The summed E-state index contributed by atoms with van der Waals surface area (Å²) in [4.78, 5) is 0. The summed E-state index contributed by atoms with van der Waals surface area (Å²) in [5.74, 6) is 0. The van der Waals surface area contributed by atoms with Crippen LogP contribution in [0.15, 0.2) is 0 Å². The van der Waals surface area contributed by atoms with Crippen molar-refractivity contribution >= 4 is 0 Å². The summed E-state index contributed by atoms with van der Waals surface area (Å²) in [5.41, 5.74) is 0. The molecule has 0 radical (unpaired) electrons. The first-order chi connectivity index (χ1) is 2.91. The van der Waals surface area contributed by atoms with E-state index in [4.69, 9.17) is 10.2 Å². The monoisotopic (exact) mass is 91.1 g/mol. The summed E-state index contributed by atoms with van der Waals surface area (Å²) in [6.45, 7) is 0.498. The van der Waals surface area contributed by atoms with Crippen molar-refractivity contribution in [3.63, 3.8) is 0 Å². The van der Waals surface area contributed by atoms with Gasteiger partial charge in [-0.25, -0.2) is 0 Å². The van der Waals surface area contributed by atoms with Gasteiger partial charge in [-0.2, -0.15) is 0 Å². The molecule has 0 spiro atoms. The molecular weight excluding hydrogens is 82.0 g/mol. The van der Waals surface area contributed by atoms with Crippen LogP contribution in [-0.4, -0.2) is 30.1 Å². The van der Waals surface area contributed by atoms with Gasteiger partial charge in [-0.05, 0) is 0 Å². The fourth-order valence-electron chi connectivity index (χ4n) is 0.158. The van der Waals surface area contributed by atoms with Crippen LogP contribution in [-0.2, 0) is 0 Å². The largest absolute Gasteiger partial charge is 0.395 e. The van der Waals surface area contributed by atoms with E-state index in [-0.39, 0.29) is 13.3 Å². The SMILES string of the molecule is OCCNCO. The minimum absolute atomic E-state index is 0.0550. The lowest BCUT2D eigenvalue weighted by molar-refractivity contribution is 0.230. The highest BCUT2D eigenvalue weighted by molar-refractivity contribution is 4.30. The molecule has 0 heterocycles. The average molecular weight is 91.1 g/mol. The third kappa shape index (κ3) is 3.88. The molecule has 0 saturated carbocycles. The van der Waals surface area contributed by atoms with E-state index in [0.717, 1.165) is 0 Å². The zero-order valence-corrected chi connectivity index (χ0v) is 3.52. The molecule has 6 heavy (non-hydrogen) atoms. The molecule has 0 aromatic carbocycles. The Morgan fingerprint density at radius 2 is 2.00 bits per heavy atom. The second-order valence-electron chi connectivity index (χ2n) is 0.882. The van der Waals surface area contributed by atoms with E-state index >= 15 is 0 Å². The first-order valence-corrected chi connectivity index (χ1v) is 1.84. The topological polar surface area (TPSA) is 52.5 Å². The van der Waals surface area contributed by atoms with E-state index in [1.54, 1.807) is 0 Å². The molecule has 3 nitrogen and oxygen atoms in total. The van der Waals surface area contributed by atoms with Crippen molar-refractivity contribution in [1.82, 2.24) is 5.32 Å². The molecule has 3 N–H and O–H groups in total. The molecule has 0 aliphatic heterocycles. The Morgan fingerprint density at radius 1 is 1.33 bits per heavy atom. The summed E-state index contributed by atoms with van der Waals surface area (Å²) in [7, 11) is 0. The van der Waals surface area contributed by atoms with Gasteiger partial charge in [0, 0.05) is 6.54 Å². The van der Waals surface area contributed by atoms with Crippen molar-refractivity contribution in [1.29, 1.82) is 0 Å². The minimum Gasteiger partial charge on any atom is -0.395 e. The van der Waals surface area contributed by atoms with Gasteiger partial charge in [0.05, 0.1) is 13.3 Å². The molecular formula is C3H9NO2. The lowest BCUT2D eigenvalue weighted by Crippen LogP contribution is -2.18. The predicted octanol–water partition coefficient (Wildman–Crippen LogP) is -1.48. The molecule has 0 amide bonds. The average Bonchev–Trinajstić information content (AvgIpc) is 1.61. The highest BCUT2D eigenvalue weighted by atomic mass is 16.3. The van der Waals surface area contributed by atoms with Crippen LogP contribution in [0.4, 0.5) is 0 Å². The summed E-state index contributed by atoms with van der Waals surface area (Å²) in [6.07, 6.45) is 0. The molecule has 0 aliphatic rings. The van der Waals surface area contributed by atoms with E-state index in [2.05, 4.69) is 5.32 Å². The second kappa shape index (κ2) is 4.88. The van der Waals surface area contributed by atoms with Gasteiger partial charge in [-0.15, -0.1) is 0 Å². The summed E-state index contributed by atoms with van der Waals surface area (Å²) in [5, 5.41) is 18.5. The summed E-state index contributed by atoms with van der Waals surface area (Å²) in [6, 6.07) is 0. The van der Waals surface area contributed by atoms with Gasteiger partial charge in [0.1, 0.15) is 0 Å². The first-order valence-electron chi connectivity index (χ1n) is 1.84. The molecule has 0 bridgehead atoms. The maximum absolute atomic E-state index is 8.02. The van der Waals surface area contributed by atoms with Crippen molar-refractivity contribution in [2.45, 2.75) is 0 Å². The van der Waals surface area contributed by atoms with Crippen LogP contribution in [0.1, 0.15) is 0 Å². The second-order valence-corrected chi connectivity index (χ2v) is 0.882. The van der Waals surface area contributed by atoms with Gasteiger partial charge in [-0.3, -0.25) is 5.32 Å². The third-order valence-electron chi connectivity index (χ3n) is 0.400. The standard InChI is InChI=1S/C3H9NO2/c5-2-1-4-3-6/h4-6H,1-3H2. The van der Waals surface area contributed by atoms with Crippen LogP contribution in [0.25, 0.3) is 0 Å². The number of hydrogen-bond donors (Lipinski definition) is 3. The minimum atomic E-state index is -0.0550. The zero-order chi connectivity index (χ0) is 4.83. The van der Waals surface area contributed by atoms with Crippen LogP contribution < -0.4 is 5.32 Å². The van der Waals surface area contributed by atoms with Crippen LogP contribution in [0.2, 0.25) is 0 Å². The lowest BCUT2D eigenvalue weighted by atomic mass is 10.7. The fourth-order valence-corrected chi connectivity index (χ4v) is 0.158. The van der Waals surface area contributed by atoms with Crippen molar-refractivity contribution in [3.8, 4) is 0 Å². The van der Waals surface area contributed by atoms with Gasteiger partial charge in [-0.1, -0.05) is 0 Å². The van der Waals surface area contributed by atoms with Crippen molar-refractivity contribution in [2.24, 2.45) is 0 Å². The molecule has 0 aromatic heterocycles. The van der Waals surface area contributed by atoms with Gasteiger partial charge in [0.15, 0.2) is 0 Å². The van der Waals surface area contributed by atoms with Gasteiger partial charge < -0.3 is 10.2 Å². The Kier molecular flexibility index (Phi) is 4.78. The molecule has 0 saturated heterocycles. The maximum atomic E-state index is 8.02. The highest BCUT2D eigenvalue weighted by Gasteiger charge is 1.73. The van der Waals surface area contributed by atoms with Crippen LogP contribution in [0, 0.1) is 0 Å². The number of nitrogens with one attached hydrogen (secondary N) is 1. The van der Waals surface area contributed by atoms with E-state index in [9.17, 15) is 0 Å². The van der Waals surface area contributed by atoms with E-state index in [1.807, 2.05) is 0 Å². The molecule has 0 atom stereocenters. The quantitative estimate of drug-likeness (QED) is 0.293. The van der Waals surface area contributed by atoms with E-state index < -0.39 is 0 Å². The number of rotatable bonds is 3. The Hall–Kier alpha value is -0.120. The van der Waals surface area contributed by atoms with Crippen molar-refractivity contribution in [2.75, 3.05) is 19.9 Å². The number of hydrogen-bond acceptors (Lipinski definition) is 3. The molecule has 0 fully saturated rings. The van der Waals surface area contributed by atoms with E-state index in [1.165, 1.54) is 0 Å². The van der Waals surface area contributed by atoms with Crippen LogP contribution >= 0.6 is 0 Å². The van der Waals surface area contributed by atoms with Crippen molar-refractivity contribution in [3.05, 3.63) is 0 Å². The molecule has 0 rings (SSSR count). The maximum Gasteiger partial charge on any atom is 0.0932 e. The van der Waals surface area contributed by atoms with E-state index in [0.29, 0.717) is 6.54 Å². The van der Waals surface area contributed by atoms with Crippen LogP contribution in [0.3, 0.4) is 0 Å². The van der Waals surface area contributed by atoms with Crippen molar-refractivity contribution < 1.29 is 10.2 Å². The Labute approximate surface area is 36.6 Å².